The Morgan fingerprint density at radius 3 is 2.50 bits per heavy atom. The van der Waals surface area contributed by atoms with Gasteiger partial charge in [-0.15, -0.1) is 0 Å². The molecule has 1 aromatic heterocycles. The first-order chi connectivity index (χ1) is 19.1. The van der Waals surface area contributed by atoms with Gasteiger partial charge in [0, 0.05) is 50.4 Å². The highest BCUT2D eigenvalue weighted by Gasteiger charge is 2.20. The first kappa shape index (κ1) is 31.8. The summed E-state index contributed by atoms with van der Waals surface area (Å²) >= 11 is 0. The standard InChI is InChI=1S/C29H40N8O3/c1-6-17-31-27-23(20-33-29(35-27)34-24-15-13-22(14-16-24)26(30)39)11-8-7-9-18-32-28(40)21(2)37(5)25(38)12-10-19-36(3)4/h10,12-16,20-21H,6-7,9,17-19H2,1-5H3,(H2,30,39)(H,32,40)(H2,31,33,34,35)/b12-10+/t21-/m0/s1. The summed E-state index contributed by atoms with van der Waals surface area (Å²) in [7, 11) is 5.45. The summed E-state index contributed by atoms with van der Waals surface area (Å²) in [5.74, 6) is 6.33. The monoisotopic (exact) mass is 548 g/mol. The fraction of sp³-hybridized carbons (Fsp3) is 0.414. The average molecular weight is 549 g/mol. The number of amides is 3. The first-order valence-corrected chi connectivity index (χ1v) is 13.2. The van der Waals surface area contributed by atoms with Crippen LogP contribution in [0.5, 0.6) is 0 Å². The average Bonchev–Trinajstić information content (AvgIpc) is 2.93. The Balaban J connectivity index is 1.89. The first-order valence-electron chi connectivity index (χ1n) is 13.2. The number of anilines is 3. The van der Waals surface area contributed by atoms with E-state index < -0.39 is 11.9 Å². The van der Waals surface area contributed by atoms with E-state index in [9.17, 15) is 14.4 Å². The second-order valence-corrected chi connectivity index (χ2v) is 9.44. The number of unbranched alkanes of at least 4 members (excludes halogenated alkanes) is 1. The SMILES string of the molecule is CCCNc1nc(Nc2ccc(C(N)=O)cc2)ncc1C#CCCCNC(=O)[C@H](C)N(C)C(=O)/C=C/CN(C)C. The van der Waals surface area contributed by atoms with E-state index in [1.54, 1.807) is 50.5 Å². The molecule has 0 aliphatic carbocycles. The zero-order valence-electron chi connectivity index (χ0n) is 24.0. The molecule has 5 N–H and O–H groups in total. The van der Waals surface area contributed by atoms with Crippen LogP contribution < -0.4 is 21.7 Å². The summed E-state index contributed by atoms with van der Waals surface area (Å²) in [6.45, 7) is 5.59. The predicted molar refractivity (Wildman–Crippen MR) is 158 cm³/mol. The second kappa shape index (κ2) is 16.5. The Bertz CT molecular complexity index is 1230. The molecule has 1 heterocycles. The summed E-state index contributed by atoms with van der Waals surface area (Å²) in [5.41, 5.74) is 7.10. The minimum atomic E-state index is -0.583. The van der Waals surface area contributed by atoms with Crippen molar-refractivity contribution in [3.8, 4) is 11.8 Å². The smallest absolute Gasteiger partial charge is 0.248 e. The molecular weight excluding hydrogens is 508 g/mol. The third-order valence-corrected chi connectivity index (χ3v) is 5.80. The number of aromatic nitrogens is 2. The van der Waals surface area contributed by atoms with E-state index >= 15 is 0 Å². The van der Waals surface area contributed by atoms with Gasteiger partial charge in [-0.1, -0.05) is 24.8 Å². The van der Waals surface area contributed by atoms with E-state index in [1.807, 2.05) is 19.0 Å². The van der Waals surface area contributed by atoms with Crippen LogP contribution in [0.15, 0.2) is 42.6 Å². The molecule has 0 spiro atoms. The van der Waals surface area contributed by atoms with Crippen molar-refractivity contribution in [1.29, 1.82) is 0 Å². The van der Waals surface area contributed by atoms with Crippen LogP contribution in [-0.4, -0.2) is 84.3 Å². The van der Waals surface area contributed by atoms with Crippen LogP contribution in [0.3, 0.4) is 0 Å². The van der Waals surface area contributed by atoms with E-state index in [4.69, 9.17) is 5.73 Å². The van der Waals surface area contributed by atoms with Crippen LogP contribution in [0.4, 0.5) is 17.5 Å². The zero-order chi connectivity index (χ0) is 29.5. The van der Waals surface area contributed by atoms with Crippen LogP contribution in [0.2, 0.25) is 0 Å². The lowest BCUT2D eigenvalue weighted by molar-refractivity contribution is -0.135. The molecule has 0 aliphatic rings. The van der Waals surface area contributed by atoms with Gasteiger partial charge in [0.2, 0.25) is 23.7 Å². The van der Waals surface area contributed by atoms with Gasteiger partial charge in [-0.05, 0) is 58.1 Å². The molecule has 1 atom stereocenters. The molecule has 214 valence electrons. The third kappa shape index (κ3) is 10.7. The maximum absolute atomic E-state index is 12.5. The quantitative estimate of drug-likeness (QED) is 0.160. The number of primary amides is 1. The topological polar surface area (TPSA) is 146 Å². The predicted octanol–water partition coefficient (Wildman–Crippen LogP) is 2.35. The van der Waals surface area contributed by atoms with Gasteiger partial charge in [0.05, 0.1) is 11.8 Å². The Morgan fingerprint density at radius 2 is 1.85 bits per heavy atom. The number of hydrogen-bond donors (Lipinski definition) is 4. The molecule has 11 heteroatoms. The maximum Gasteiger partial charge on any atom is 0.248 e. The van der Waals surface area contributed by atoms with E-state index in [0.717, 1.165) is 18.7 Å². The number of likely N-dealkylation sites (N-methyl/N-ethyl adjacent to an activating group) is 2. The fourth-order valence-corrected chi connectivity index (χ4v) is 3.30. The normalized spacial score (nSPS) is 11.4. The molecule has 0 unspecified atom stereocenters. The minimum Gasteiger partial charge on any atom is -0.369 e. The van der Waals surface area contributed by atoms with Crippen molar-refractivity contribution >= 4 is 35.2 Å². The summed E-state index contributed by atoms with van der Waals surface area (Å²) in [6, 6.07) is 6.14. The summed E-state index contributed by atoms with van der Waals surface area (Å²) < 4.78 is 0. The Kier molecular flexibility index (Phi) is 13.1. The molecule has 0 bridgehead atoms. The van der Waals surface area contributed by atoms with Gasteiger partial charge in [0.15, 0.2) is 0 Å². The number of carbonyl (C=O) groups is 3. The van der Waals surface area contributed by atoms with Crippen molar-refractivity contribution in [1.82, 2.24) is 25.1 Å². The van der Waals surface area contributed by atoms with Crippen molar-refractivity contribution in [2.45, 2.75) is 39.2 Å². The number of nitrogens with one attached hydrogen (secondary N) is 3. The van der Waals surface area contributed by atoms with Gasteiger partial charge in [0.1, 0.15) is 11.9 Å². The van der Waals surface area contributed by atoms with Crippen molar-refractivity contribution in [3.63, 3.8) is 0 Å². The molecule has 2 aromatic rings. The Morgan fingerprint density at radius 1 is 1.12 bits per heavy atom. The maximum atomic E-state index is 12.5. The molecule has 1 aromatic carbocycles. The van der Waals surface area contributed by atoms with Gasteiger partial charge in [0.25, 0.3) is 0 Å². The highest BCUT2D eigenvalue weighted by atomic mass is 16.2. The molecule has 40 heavy (non-hydrogen) atoms. The highest BCUT2D eigenvalue weighted by Crippen LogP contribution is 2.18. The number of carbonyl (C=O) groups excluding carboxylic acids is 3. The van der Waals surface area contributed by atoms with Gasteiger partial charge < -0.3 is 31.5 Å². The largest absolute Gasteiger partial charge is 0.369 e. The van der Waals surface area contributed by atoms with Crippen LogP contribution in [0, 0.1) is 11.8 Å². The van der Waals surface area contributed by atoms with E-state index in [1.165, 1.54) is 11.0 Å². The van der Waals surface area contributed by atoms with Gasteiger partial charge >= 0.3 is 0 Å². The molecule has 0 aliphatic heterocycles. The van der Waals surface area contributed by atoms with Crippen LogP contribution in [0.1, 0.15) is 49.0 Å². The van der Waals surface area contributed by atoms with Gasteiger partial charge in [-0.3, -0.25) is 14.4 Å². The molecule has 0 fully saturated rings. The summed E-state index contributed by atoms with van der Waals surface area (Å²) in [6.07, 6.45) is 7.05. The van der Waals surface area contributed by atoms with Crippen LogP contribution in [-0.2, 0) is 9.59 Å². The molecule has 11 nitrogen and oxygen atoms in total. The molecular formula is C29H40N8O3. The Labute approximate surface area is 236 Å². The van der Waals surface area contributed by atoms with E-state index in [0.29, 0.717) is 48.8 Å². The Hall–Kier alpha value is -4.43. The number of benzene rings is 1. The second-order valence-electron chi connectivity index (χ2n) is 9.44. The van der Waals surface area contributed by atoms with Crippen LogP contribution >= 0.6 is 0 Å². The highest BCUT2D eigenvalue weighted by molar-refractivity contribution is 5.93. The molecule has 0 saturated carbocycles. The van der Waals surface area contributed by atoms with Crippen molar-refractivity contribution in [2.75, 3.05) is 51.4 Å². The zero-order valence-corrected chi connectivity index (χ0v) is 24.0. The molecule has 0 saturated heterocycles. The van der Waals surface area contributed by atoms with Crippen LogP contribution in [0.25, 0.3) is 0 Å². The molecule has 0 radical (unpaired) electrons. The lowest BCUT2D eigenvalue weighted by Crippen LogP contribution is -2.45. The third-order valence-electron chi connectivity index (χ3n) is 5.80. The number of nitrogens with two attached hydrogens (primary N) is 1. The number of hydrogen-bond acceptors (Lipinski definition) is 8. The summed E-state index contributed by atoms with van der Waals surface area (Å²) in [4.78, 5) is 48.3. The van der Waals surface area contributed by atoms with Crippen molar-refractivity contribution in [2.24, 2.45) is 5.73 Å². The van der Waals surface area contributed by atoms with E-state index in [2.05, 4.69) is 44.7 Å². The number of nitrogens with zero attached hydrogens (tertiary/aromatic N) is 4. The van der Waals surface area contributed by atoms with E-state index in [-0.39, 0.29) is 11.8 Å². The minimum absolute atomic E-state index is 0.211. The van der Waals surface area contributed by atoms with Gasteiger partial charge in [-0.2, -0.15) is 4.98 Å². The van der Waals surface area contributed by atoms with Crippen molar-refractivity contribution < 1.29 is 14.4 Å². The fourth-order valence-electron chi connectivity index (χ4n) is 3.30. The molecule has 2 rings (SSSR count). The van der Waals surface area contributed by atoms with Gasteiger partial charge in [-0.25, -0.2) is 4.98 Å². The lowest BCUT2D eigenvalue weighted by Gasteiger charge is -2.23. The van der Waals surface area contributed by atoms with Crippen molar-refractivity contribution in [3.05, 3.63) is 53.7 Å². The summed E-state index contributed by atoms with van der Waals surface area (Å²) in [5, 5.41) is 9.26. The number of rotatable bonds is 14. The molecule has 3 amide bonds. The lowest BCUT2D eigenvalue weighted by atomic mass is 10.2.